The van der Waals surface area contributed by atoms with Crippen LogP contribution in [0, 0.1) is 18.3 Å². The van der Waals surface area contributed by atoms with Crippen molar-refractivity contribution in [1.82, 2.24) is 4.98 Å². The summed E-state index contributed by atoms with van der Waals surface area (Å²) in [5, 5.41) is 9.04. The van der Waals surface area contributed by atoms with Crippen molar-refractivity contribution in [2.45, 2.75) is 11.8 Å². The molecular weight excluding hydrogens is 298 g/mol. The molecule has 2 aromatic rings. The Hall–Kier alpha value is -2.10. The molecule has 1 heterocycles. The quantitative estimate of drug-likeness (QED) is 0.884. The van der Waals surface area contributed by atoms with E-state index in [9.17, 15) is 8.42 Å². The van der Waals surface area contributed by atoms with Crippen LogP contribution in [0.15, 0.2) is 41.4 Å². The van der Waals surface area contributed by atoms with Crippen LogP contribution in [0.5, 0.6) is 0 Å². The zero-order chi connectivity index (χ0) is 14.8. The topological polar surface area (TPSA) is 82.8 Å². The smallest absolute Gasteiger partial charge is 0.262 e. The highest BCUT2D eigenvalue weighted by Gasteiger charge is 2.17. The third kappa shape index (κ3) is 3.07. The highest BCUT2D eigenvalue weighted by Crippen LogP contribution is 2.21. The number of nitriles is 1. The Morgan fingerprint density at radius 1 is 1.30 bits per heavy atom. The lowest BCUT2D eigenvalue weighted by Crippen LogP contribution is -2.14. The van der Waals surface area contributed by atoms with Crippen LogP contribution in [-0.2, 0) is 10.0 Å². The minimum Gasteiger partial charge on any atom is -0.279 e. The first-order valence-corrected chi connectivity index (χ1v) is 7.43. The number of pyridine rings is 1. The maximum atomic E-state index is 12.3. The van der Waals surface area contributed by atoms with Crippen LogP contribution in [-0.4, -0.2) is 13.4 Å². The van der Waals surface area contributed by atoms with Crippen LogP contribution in [0.4, 0.5) is 5.69 Å². The number of aryl methyl sites for hydroxylation is 1. The lowest BCUT2D eigenvalue weighted by atomic mass is 10.2. The highest BCUT2D eigenvalue weighted by molar-refractivity contribution is 7.92. The molecule has 0 aliphatic rings. The van der Waals surface area contributed by atoms with Gasteiger partial charge in [-0.05, 0) is 36.8 Å². The molecule has 0 unspecified atom stereocenters. The molecule has 0 saturated heterocycles. The van der Waals surface area contributed by atoms with Gasteiger partial charge in [-0.2, -0.15) is 5.26 Å². The lowest BCUT2D eigenvalue weighted by Gasteiger charge is -2.10. The summed E-state index contributed by atoms with van der Waals surface area (Å²) in [5.74, 6) is 0. The van der Waals surface area contributed by atoms with Gasteiger partial charge >= 0.3 is 0 Å². The predicted molar refractivity (Wildman–Crippen MR) is 75.9 cm³/mol. The standard InChI is InChI=1S/C13H10ClN3O2S/c1-9-2-3-10(8-15)6-12(9)20(18,19)17-11-4-5-16-13(14)7-11/h2-7H,1H3,(H,16,17). The van der Waals surface area contributed by atoms with Gasteiger partial charge in [-0.15, -0.1) is 0 Å². The first-order valence-electron chi connectivity index (χ1n) is 5.57. The van der Waals surface area contributed by atoms with Crippen LogP contribution in [0.1, 0.15) is 11.1 Å². The number of aromatic nitrogens is 1. The van der Waals surface area contributed by atoms with E-state index in [1.807, 2.05) is 6.07 Å². The fourth-order valence-corrected chi connectivity index (χ4v) is 3.13. The van der Waals surface area contributed by atoms with Crippen molar-refractivity contribution in [2.24, 2.45) is 0 Å². The summed E-state index contributed by atoms with van der Waals surface area (Å²) in [6, 6.07) is 9.31. The SMILES string of the molecule is Cc1ccc(C#N)cc1S(=O)(=O)Nc1ccnc(Cl)c1. The fraction of sp³-hybridized carbons (Fsp3) is 0.0769. The fourth-order valence-electron chi connectivity index (χ4n) is 1.64. The van der Waals surface area contributed by atoms with Crippen molar-refractivity contribution in [1.29, 1.82) is 5.26 Å². The highest BCUT2D eigenvalue weighted by atomic mass is 35.5. The molecule has 0 bridgehead atoms. The Morgan fingerprint density at radius 3 is 2.70 bits per heavy atom. The second kappa shape index (κ2) is 5.49. The molecule has 1 N–H and O–H groups in total. The Labute approximate surface area is 121 Å². The van der Waals surface area contributed by atoms with Crippen molar-refractivity contribution in [3.8, 4) is 6.07 Å². The molecule has 1 aromatic heterocycles. The van der Waals surface area contributed by atoms with Crippen LogP contribution in [0.3, 0.4) is 0 Å². The minimum absolute atomic E-state index is 0.0597. The summed E-state index contributed by atoms with van der Waals surface area (Å²) < 4.78 is 27.0. The molecular formula is C13H10ClN3O2S. The molecule has 20 heavy (non-hydrogen) atoms. The van der Waals surface area contributed by atoms with Crippen LogP contribution < -0.4 is 4.72 Å². The Bertz CT molecular complexity index is 798. The summed E-state index contributed by atoms with van der Waals surface area (Å²) in [4.78, 5) is 3.83. The van der Waals surface area contributed by atoms with Crippen molar-refractivity contribution in [2.75, 3.05) is 4.72 Å². The number of anilines is 1. The van der Waals surface area contributed by atoms with E-state index >= 15 is 0 Å². The molecule has 0 aliphatic carbocycles. The second-order valence-electron chi connectivity index (χ2n) is 4.06. The number of halogens is 1. The minimum atomic E-state index is -3.78. The van der Waals surface area contributed by atoms with Crippen molar-refractivity contribution in [3.63, 3.8) is 0 Å². The number of hydrogen-bond acceptors (Lipinski definition) is 4. The lowest BCUT2D eigenvalue weighted by molar-refractivity contribution is 0.600. The zero-order valence-corrected chi connectivity index (χ0v) is 12.0. The van der Waals surface area contributed by atoms with Gasteiger partial charge in [0.1, 0.15) is 5.15 Å². The van der Waals surface area contributed by atoms with E-state index in [1.54, 1.807) is 19.1 Å². The van der Waals surface area contributed by atoms with Gasteiger partial charge in [0.25, 0.3) is 10.0 Å². The van der Waals surface area contributed by atoms with Crippen molar-refractivity contribution >= 4 is 27.3 Å². The monoisotopic (exact) mass is 307 g/mol. The van der Waals surface area contributed by atoms with E-state index in [1.165, 1.54) is 24.4 Å². The molecule has 0 aliphatic heterocycles. The summed E-state index contributed by atoms with van der Waals surface area (Å²) >= 11 is 5.71. The average molecular weight is 308 g/mol. The van der Waals surface area contributed by atoms with E-state index in [0.29, 0.717) is 11.3 Å². The van der Waals surface area contributed by atoms with Gasteiger partial charge in [-0.1, -0.05) is 17.7 Å². The first kappa shape index (κ1) is 14.3. The summed E-state index contributed by atoms with van der Waals surface area (Å²) in [5.41, 5.74) is 1.15. The molecule has 0 saturated carbocycles. The van der Waals surface area contributed by atoms with Gasteiger partial charge in [0.15, 0.2) is 0 Å². The molecule has 102 valence electrons. The first-order chi connectivity index (χ1) is 9.42. The number of hydrogen-bond donors (Lipinski definition) is 1. The number of nitrogens with zero attached hydrogens (tertiary/aromatic N) is 2. The Kier molecular flexibility index (Phi) is 3.93. The van der Waals surface area contributed by atoms with Crippen molar-refractivity contribution in [3.05, 3.63) is 52.8 Å². The Morgan fingerprint density at radius 2 is 2.05 bits per heavy atom. The third-order valence-electron chi connectivity index (χ3n) is 2.59. The molecule has 7 heteroatoms. The van der Waals surface area contributed by atoms with Crippen molar-refractivity contribution < 1.29 is 8.42 Å². The van der Waals surface area contributed by atoms with E-state index in [2.05, 4.69) is 9.71 Å². The molecule has 0 atom stereocenters. The maximum Gasteiger partial charge on any atom is 0.262 e. The molecule has 2 rings (SSSR count). The zero-order valence-electron chi connectivity index (χ0n) is 10.5. The summed E-state index contributed by atoms with van der Waals surface area (Å²) in [6.07, 6.45) is 1.40. The van der Waals surface area contributed by atoms with Gasteiger partial charge in [-0.25, -0.2) is 13.4 Å². The Balaban J connectivity index is 2.43. The number of sulfonamides is 1. The normalized spacial score (nSPS) is 10.8. The summed E-state index contributed by atoms with van der Waals surface area (Å²) in [6.45, 7) is 1.66. The number of nitrogens with one attached hydrogen (secondary N) is 1. The largest absolute Gasteiger partial charge is 0.279 e. The average Bonchev–Trinajstić information content (AvgIpc) is 2.38. The van der Waals surface area contributed by atoms with E-state index in [4.69, 9.17) is 16.9 Å². The van der Waals surface area contributed by atoms with Crippen LogP contribution in [0.2, 0.25) is 5.15 Å². The summed E-state index contributed by atoms with van der Waals surface area (Å²) in [7, 11) is -3.78. The van der Waals surface area contributed by atoms with Gasteiger partial charge in [-0.3, -0.25) is 4.72 Å². The molecule has 0 fully saturated rings. The molecule has 1 aromatic carbocycles. The predicted octanol–water partition coefficient (Wildman–Crippen LogP) is 2.72. The number of rotatable bonds is 3. The molecule has 0 amide bonds. The molecule has 0 radical (unpaired) electrons. The molecule has 5 nitrogen and oxygen atoms in total. The van der Waals surface area contributed by atoms with Gasteiger partial charge in [0.05, 0.1) is 22.2 Å². The van der Waals surface area contributed by atoms with Crippen LogP contribution in [0.25, 0.3) is 0 Å². The van der Waals surface area contributed by atoms with E-state index in [0.717, 1.165) is 0 Å². The van der Waals surface area contributed by atoms with Gasteiger partial charge < -0.3 is 0 Å². The van der Waals surface area contributed by atoms with E-state index in [-0.39, 0.29) is 15.6 Å². The third-order valence-corrected chi connectivity index (χ3v) is 4.32. The second-order valence-corrected chi connectivity index (χ2v) is 6.10. The van der Waals surface area contributed by atoms with Gasteiger partial charge in [0, 0.05) is 6.20 Å². The van der Waals surface area contributed by atoms with Crippen LogP contribution >= 0.6 is 11.6 Å². The van der Waals surface area contributed by atoms with E-state index < -0.39 is 10.0 Å². The maximum absolute atomic E-state index is 12.3. The molecule has 0 spiro atoms. The number of benzene rings is 1. The van der Waals surface area contributed by atoms with Gasteiger partial charge in [0.2, 0.25) is 0 Å².